The summed E-state index contributed by atoms with van der Waals surface area (Å²) >= 11 is 0. The molecule has 3 nitrogen and oxygen atoms in total. The highest BCUT2D eigenvalue weighted by atomic mass is 19.4. The predicted octanol–water partition coefficient (Wildman–Crippen LogP) is 1.94. The number of nitrogens with two attached hydrogens (primary N) is 1. The summed E-state index contributed by atoms with van der Waals surface area (Å²) in [6.45, 7) is -0.319. The van der Waals surface area contributed by atoms with Gasteiger partial charge < -0.3 is 15.8 Å². The third kappa shape index (κ3) is 6.13. The third-order valence-corrected chi connectivity index (χ3v) is 2.06. The lowest BCUT2D eigenvalue weighted by molar-refractivity contribution is -0.173. The van der Waals surface area contributed by atoms with E-state index in [4.69, 9.17) is 5.73 Å². The smallest absolute Gasteiger partial charge is 0.398 e. The lowest BCUT2D eigenvalue weighted by atomic mass is 10.2. The fraction of sp³-hybridized carbons (Fsp3) is 0.455. The van der Waals surface area contributed by atoms with Gasteiger partial charge in [-0.1, -0.05) is 18.2 Å². The highest BCUT2D eigenvalue weighted by Gasteiger charge is 2.27. The van der Waals surface area contributed by atoms with Gasteiger partial charge in [0.15, 0.2) is 0 Å². The second-order valence-electron chi connectivity index (χ2n) is 3.54. The van der Waals surface area contributed by atoms with Crippen LogP contribution in [0.25, 0.3) is 0 Å². The van der Waals surface area contributed by atoms with Gasteiger partial charge in [0.1, 0.15) is 6.61 Å². The van der Waals surface area contributed by atoms with Gasteiger partial charge in [-0.3, -0.25) is 0 Å². The summed E-state index contributed by atoms with van der Waals surface area (Å²) in [6.07, 6.45) is -4.26. The number of rotatable bonds is 6. The Hall–Kier alpha value is -1.27. The summed E-state index contributed by atoms with van der Waals surface area (Å²) in [7, 11) is 0. The molecule has 0 radical (unpaired) electrons. The normalized spacial score (nSPS) is 11.7. The minimum Gasteiger partial charge on any atom is -0.398 e. The fourth-order valence-electron chi connectivity index (χ4n) is 1.25. The molecule has 1 aromatic carbocycles. The molecule has 1 rings (SSSR count). The van der Waals surface area contributed by atoms with Crippen molar-refractivity contribution in [1.82, 2.24) is 5.32 Å². The van der Waals surface area contributed by atoms with Crippen molar-refractivity contribution in [2.75, 3.05) is 25.5 Å². The van der Waals surface area contributed by atoms with Crippen molar-refractivity contribution in [2.45, 2.75) is 12.7 Å². The number of para-hydroxylation sites is 1. The Kier molecular flexibility index (Phi) is 5.24. The minimum absolute atomic E-state index is 0.0201. The maximum atomic E-state index is 11.7. The number of nitrogens with one attached hydrogen (secondary N) is 1. The topological polar surface area (TPSA) is 47.3 Å². The van der Waals surface area contributed by atoms with Crippen LogP contribution in [0.5, 0.6) is 0 Å². The number of halogens is 3. The van der Waals surface area contributed by atoms with Crippen LogP contribution in [-0.2, 0) is 11.3 Å². The van der Waals surface area contributed by atoms with Crippen LogP contribution in [0.2, 0.25) is 0 Å². The molecule has 0 aromatic heterocycles. The monoisotopic (exact) mass is 248 g/mol. The summed E-state index contributed by atoms with van der Waals surface area (Å²) in [5.41, 5.74) is 7.28. The average molecular weight is 248 g/mol. The molecule has 0 amide bonds. The fourth-order valence-corrected chi connectivity index (χ4v) is 1.25. The van der Waals surface area contributed by atoms with Crippen LogP contribution in [0.3, 0.4) is 0 Å². The third-order valence-electron chi connectivity index (χ3n) is 2.06. The molecule has 0 aliphatic heterocycles. The first kappa shape index (κ1) is 13.8. The Balaban J connectivity index is 2.11. The Bertz CT molecular complexity index is 342. The standard InChI is InChI=1S/C11H15F3N2O/c12-11(13,14)8-17-6-5-16-7-9-3-1-2-4-10(9)15/h1-4,16H,5-8,15H2. The number of anilines is 1. The summed E-state index contributed by atoms with van der Waals surface area (Å²) in [4.78, 5) is 0. The molecule has 0 saturated heterocycles. The maximum absolute atomic E-state index is 11.7. The largest absolute Gasteiger partial charge is 0.411 e. The first-order valence-corrected chi connectivity index (χ1v) is 5.17. The molecule has 0 heterocycles. The van der Waals surface area contributed by atoms with Crippen molar-refractivity contribution in [1.29, 1.82) is 0 Å². The van der Waals surface area contributed by atoms with E-state index in [1.165, 1.54) is 0 Å². The SMILES string of the molecule is Nc1ccccc1CNCCOCC(F)(F)F. The van der Waals surface area contributed by atoms with E-state index < -0.39 is 12.8 Å². The minimum atomic E-state index is -4.26. The molecule has 0 aliphatic rings. The second-order valence-corrected chi connectivity index (χ2v) is 3.54. The predicted molar refractivity (Wildman–Crippen MR) is 59.4 cm³/mol. The van der Waals surface area contributed by atoms with E-state index >= 15 is 0 Å². The zero-order chi connectivity index (χ0) is 12.7. The van der Waals surface area contributed by atoms with Crippen molar-refractivity contribution in [3.63, 3.8) is 0 Å². The van der Waals surface area contributed by atoms with E-state index in [2.05, 4.69) is 10.1 Å². The summed E-state index contributed by atoms with van der Waals surface area (Å²) in [6, 6.07) is 7.31. The quantitative estimate of drug-likeness (QED) is 0.597. The zero-order valence-electron chi connectivity index (χ0n) is 9.26. The number of hydrogen-bond acceptors (Lipinski definition) is 3. The molecule has 0 aliphatic carbocycles. The average Bonchev–Trinajstić information content (AvgIpc) is 2.24. The van der Waals surface area contributed by atoms with Crippen LogP contribution < -0.4 is 11.1 Å². The molecular formula is C11H15F3N2O. The summed E-state index contributed by atoms with van der Waals surface area (Å²) in [5.74, 6) is 0. The van der Waals surface area contributed by atoms with Crippen LogP contribution in [0, 0.1) is 0 Å². The Morgan fingerprint density at radius 2 is 1.94 bits per heavy atom. The first-order chi connectivity index (χ1) is 7.99. The van der Waals surface area contributed by atoms with E-state index in [0.29, 0.717) is 18.8 Å². The Labute approximate surface area is 97.8 Å². The highest BCUT2D eigenvalue weighted by Crippen LogP contribution is 2.14. The van der Waals surface area contributed by atoms with E-state index in [-0.39, 0.29) is 6.61 Å². The summed E-state index contributed by atoms with van der Waals surface area (Å²) in [5, 5.41) is 2.96. The van der Waals surface area contributed by atoms with Gasteiger partial charge in [0.05, 0.1) is 6.61 Å². The van der Waals surface area contributed by atoms with Gasteiger partial charge in [0.2, 0.25) is 0 Å². The van der Waals surface area contributed by atoms with Crippen molar-refractivity contribution >= 4 is 5.69 Å². The Morgan fingerprint density at radius 3 is 2.59 bits per heavy atom. The van der Waals surface area contributed by atoms with Crippen molar-refractivity contribution in [3.05, 3.63) is 29.8 Å². The molecular weight excluding hydrogens is 233 g/mol. The number of ether oxygens (including phenoxy) is 1. The number of alkyl halides is 3. The molecule has 0 unspecified atom stereocenters. The number of benzene rings is 1. The van der Waals surface area contributed by atoms with E-state index in [1.54, 1.807) is 6.07 Å². The lowest BCUT2D eigenvalue weighted by Gasteiger charge is -2.09. The summed E-state index contributed by atoms with van der Waals surface area (Å²) < 4.78 is 39.6. The molecule has 6 heteroatoms. The van der Waals surface area contributed by atoms with Crippen LogP contribution >= 0.6 is 0 Å². The van der Waals surface area contributed by atoms with Gasteiger partial charge in [-0.25, -0.2) is 0 Å². The van der Waals surface area contributed by atoms with Crippen LogP contribution in [0.15, 0.2) is 24.3 Å². The van der Waals surface area contributed by atoms with E-state index in [0.717, 1.165) is 5.56 Å². The molecule has 0 saturated carbocycles. The van der Waals surface area contributed by atoms with Crippen molar-refractivity contribution in [2.24, 2.45) is 0 Å². The van der Waals surface area contributed by atoms with E-state index in [1.807, 2.05) is 18.2 Å². The molecule has 0 atom stereocenters. The van der Waals surface area contributed by atoms with Crippen LogP contribution in [-0.4, -0.2) is 25.9 Å². The van der Waals surface area contributed by atoms with Gasteiger partial charge in [-0.2, -0.15) is 13.2 Å². The molecule has 0 spiro atoms. The van der Waals surface area contributed by atoms with Gasteiger partial charge in [-0.05, 0) is 11.6 Å². The molecule has 17 heavy (non-hydrogen) atoms. The van der Waals surface area contributed by atoms with Crippen LogP contribution in [0.1, 0.15) is 5.56 Å². The molecule has 0 fully saturated rings. The Morgan fingerprint density at radius 1 is 1.24 bits per heavy atom. The molecule has 0 bridgehead atoms. The van der Waals surface area contributed by atoms with Gasteiger partial charge in [0.25, 0.3) is 0 Å². The zero-order valence-corrected chi connectivity index (χ0v) is 9.26. The molecule has 3 N–H and O–H groups in total. The molecule has 96 valence electrons. The molecule has 1 aromatic rings. The van der Waals surface area contributed by atoms with E-state index in [9.17, 15) is 13.2 Å². The van der Waals surface area contributed by atoms with Crippen molar-refractivity contribution < 1.29 is 17.9 Å². The van der Waals surface area contributed by atoms with Crippen LogP contribution in [0.4, 0.5) is 18.9 Å². The van der Waals surface area contributed by atoms with Gasteiger partial charge >= 0.3 is 6.18 Å². The number of hydrogen-bond donors (Lipinski definition) is 2. The van der Waals surface area contributed by atoms with Gasteiger partial charge in [-0.15, -0.1) is 0 Å². The number of nitrogen functional groups attached to an aromatic ring is 1. The first-order valence-electron chi connectivity index (χ1n) is 5.17. The second kappa shape index (κ2) is 6.46. The van der Waals surface area contributed by atoms with Gasteiger partial charge in [0, 0.05) is 18.8 Å². The maximum Gasteiger partial charge on any atom is 0.411 e. The highest BCUT2D eigenvalue weighted by molar-refractivity contribution is 5.46. The lowest BCUT2D eigenvalue weighted by Crippen LogP contribution is -2.23. The van der Waals surface area contributed by atoms with Crippen molar-refractivity contribution in [3.8, 4) is 0 Å².